The van der Waals surface area contributed by atoms with Crippen molar-refractivity contribution < 1.29 is 18.3 Å². The third-order valence-corrected chi connectivity index (χ3v) is 6.67. The average molecular weight is 406 g/mol. The summed E-state index contributed by atoms with van der Waals surface area (Å²) in [7, 11) is -3.61. The highest BCUT2D eigenvalue weighted by molar-refractivity contribution is 7.89. The summed E-state index contributed by atoms with van der Waals surface area (Å²) in [4.78, 5) is 12.6. The van der Waals surface area contributed by atoms with Crippen molar-refractivity contribution in [1.82, 2.24) is 14.9 Å². The number of carbonyl (C=O) groups excluding carboxylic acids is 1. The second-order valence-electron chi connectivity index (χ2n) is 6.26. The van der Waals surface area contributed by atoms with Crippen molar-refractivity contribution in [3.8, 4) is 0 Å². The van der Waals surface area contributed by atoms with Crippen LogP contribution in [-0.4, -0.2) is 62.6 Å². The number of β-amino-alcohol motifs (C(OH)–C–C–N with tert-alkyl or cyclic N) is 1. The summed E-state index contributed by atoms with van der Waals surface area (Å²) >= 11 is 0. The molecule has 1 aromatic rings. The van der Waals surface area contributed by atoms with Gasteiger partial charge in [0.1, 0.15) is 0 Å². The number of halogens is 1. The van der Waals surface area contributed by atoms with Crippen LogP contribution in [0.1, 0.15) is 29.8 Å². The Kier molecular flexibility index (Phi) is 8.49. The first-order chi connectivity index (χ1) is 11.8. The highest BCUT2D eigenvalue weighted by Crippen LogP contribution is 2.20. The molecule has 0 radical (unpaired) electrons. The molecule has 1 aliphatic rings. The molecule has 2 unspecified atom stereocenters. The first kappa shape index (κ1) is 22.9. The summed E-state index contributed by atoms with van der Waals surface area (Å²) < 4.78 is 26.6. The minimum Gasteiger partial charge on any atom is -0.391 e. The Hall–Kier alpha value is -1.19. The number of carbonyl (C=O) groups is 1. The Morgan fingerprint density at radius 3 is 2.50 bits per heavy atom. The molecule has 1 saturated heterocycles. The van der Waals surface area contributed by atoms with Crippen molar-refractivity contribution in [1.29, 1.82) is 0 Å². The number of hydrogen-bond acceptors (Lipinski definition) is 5. The van der Waals surface area contributed by atoms with E-state index in [0.29, 0.717) is 43.9 Å². The summed E-state index contributed by atoms with van der Waals surface area (Å²) in [6.45, 7) is 7.61. The van der Waals surface area contributed by atoms with E-state index in [1.165, 1.54) is 16.4 Å². The number of sulfonamides is 1. The van der Waals surface area contributed by atoms with Gasteiger partial charge in [-0.05, 0) is 24.6 Å². The van der Waals surface area contributed by atoms with Crippen LogP contribution in [0.25, 0.3) is 0 Å². The largest absolute Gasteiger partial charge is 0.391 e. The molecule has 2 atom stereocenters. The number of aliphatic hydroxyl groups is 1. The molecule has 1 amide bonds. The van der Waals surface area contributed by atoms with Crippen molar-refractivity contribution in [2.24, 2.45) is 5.92 Å². The molecule has 0 aliphatic carbocycles. The quantitative estimate of drug-likeness (QED) is 0.622. The van der Waals surface area contributed by atoms with Crippen molar-refractivity contribution in [3.05, 3.63) is 29.3 Å². The summed E-state index contributed by atoms with van der Waals surface area (Å²) in [5.74, 6) is -0.361. The Morgan fingerprint density at radius 2 is 1.96 bits per heavy atom. The molecule has 1 aliphatic heterocycles. The number of aliphatic hydroxyl groups excluding tert-OH is 1. The monoisotopic (exact) mass is 405 g/mol. The van der Waals surface area contributed by atoms with Crippen molar-refractivity contribution in [2.45, 2.75) is 31.8 Å². The minimum atomic E-state index is -3.61. The predicted octanol–water partition coefficient (Wildman–Crippen LogP) is 0.757. The number of benzene rings is 1. The highest BCUT2D eigenvalue weighted by atomic mass is 35.5. The van der Waals surface area contributed by atoms with Gasteiger partial charge in [-0.25, -0.2) is 8.42 Å². The van der Waals surface area contributed by atoms with Gasteiger partial charge in [0.05, 0.1) is 11.0 Å². The molecule has 1 heterocycles. The standard InChI is InChI=1S/C17H27N3O4S.ClH/c1-4-20(5-2)25(23,24)14-7-6-12(3)15(8-14)17(22)19-10-13-9-18-11-16(13)21;/h6-8,13,16,18,21H,4-5,9-11H2,1-3H3,(H,19,22);1H. The topological polar surface area (TPSA) is 98.7 Å². The second kappa shape index (κ2) is 9.66. The molecule has 0 aromatic heterocycles. The number of nitrogens with zero attached hydrogens (tertiary/aromatic N) is 1. The Balaban J connectivity index is 0.00000338. The van der Waals surface area contributed by atoms with Crippen LogP contribution in [0.4, 0.5) is 0 Å². The van der Waals surface area contributed by atoms with E-state index in [9.17, 15) is 18.3 Å². The van der Waals surface area contributed by atoms with Crippen LogP contribution in [-0.2, 0) is 10.0 Å². The van der Waals surface area contributed by atoms with Crippen LogP contribution in [0.3, 0.4) is 0 Å². The van der Waals surface area contributed by atoms with E-state index >= 15 is 0 Å². The van der Waals surface area contributed by atoms with E-state index < -0.39 is 16.1 Å². The molecule has 0 saturated carbocycles. The lowest BCUT2D eigenvalue weighted by molar-refractivity contribution is 0.0926. The molecule has 0 bridgehead atoms. The number of nitrogens with one attached hydrogen (secondary N) is 2. The Morgan fingerprint density at radius 1 is 1.31 bits per heavy atom. The number of rotatable bonds is 7. The molecule has 7 nitrogen and oxygen atoms in total. The smallest absolute Gasteiger partial charge is 0.251 e. The molecular formula is C17H28ClN3O4S. The average Bonchev–Trinajstić information content (AvgIpc) is 2.98. The number of aryl methyl sites for hydroxylation is 1. The van der Waals surface area contributed by atoms with Gasteiger partial charge < -0.3 is 15.7 Å². The van der Waals surface area contributed by atoms with Gasteiger partial charge in [-0.1, -0.05) is 19.9 Å². The van der Waals surface area contributed by atoms with Gasteiger partial charge in [0.25, 0.3) is 5.91 Å². The maximum absolute atomic E-state index is 12.6. The molecule has 1 aromatic carbocycles. The molecular weight excluding hydrogens is 378 g/mol. The summed E-state index contributed by atoms with van der Waals surface area (Å²) in [5.41, 5.74) is 1.05. The fraction of sp³-hybridized carbons (Fsp3) is 0.588. The van der Waals surface area contributed by atoms with Gasteiger partial charge >= 0.3 is 0 Å². The lowest BCUT2D eigenvalue weighted by atomic mass is 10.1. The molecule has 26 heavy (non-hydrogen) atoms. The molecule has 1 fully saturated rings. The van der Waals surface area contributed by atoms with Crippen LogP contribution in [0, 0.1) is 12.8 Å². The van der Waals surface area contributed by atoms with E-state index in [1.807, 2.05) is 0 Å². The summed E-state index contributed by atoms with van der Waals surface area (Å²) in [6, 6.07) is 4.61. The van der Waals surface area contributed by atoms with Crippen LogP contribution >= 0.6 is 12.4 Å². The van der Waals surface area contributed by atoms with E-state index in [2.05, 4.69) is 10.6 Å². The second-order valence-corrected chi connectivity index (χ2v) is 8.20. The van der Waals surface area contributed by atoms with Crippen LogP contribution in [0.15, 0.2) is 23.1 Å². The van der Waals surface area contributed by atoms with Gasteiger partial charge in [0.2, 0.25) is 10.0 Å². The van der Waals surface area contributed by atoms with E-state index in [0.717, 1.165) is 0 Å². The van der Waals surface area contributed by atoms with Gasteiger partial charge in [0, 0.05) is 44.2 Å². The zero-order chi connectivity index (χ0) is 18.6. The third kappa shape index (κ3) is 4.95. The lowest BCUT2D eigenvalue weighted by Crippen LogP contribution is -2.35. The van der Waals surface area contributed by atoms with Gasteiger partial charge in [0.15, 0.2) is 0 Å². The molecule has 0 spiro atoms. The molecule has 3 N–H and O–H groups in total. The normalized spacial score (nSPS) is 20.0. The maximum Gasteiger partial charge on any atom is 0.251 e. The van der Waals surface area contributed by atoms with Crippen LogP contribution < -0.4 is 10.6 Å². The molecule has 2 rings (SSSR count). The number of amides is 1. The van der Waals surface area contributed by atoms with Crippen LogP contribution in [0.2, 0.25) is 0 Å². The highest BCUT2D eigenvalue weighted by Gasteiger charge is 2.26. The fourth-order valence-corrected chi connectivity index (χ4v) is 4.45. The van der Waals surface area contributed by atoms with Gasteiger partial charge in [-0.3, -0.25) is 4.79 Å². The van der Waals surface area contributed by atoms with Gasteiger partial charge in [-0.15, -0.1) is 12.4 Å². The zero-order valence-electron chi connectivity index (χ0n) is 15.4. The molecule has 148 valence electrons. The summed E-state index contributed by atoms with van der Waals surface area (Å²) in [5, 5.41) is 15.7. The first-order valence-electron chi connectivity index (χ1n) is 8.59. The maximum atomic E-state index is 12.6. The first-order valence-corrected chi connectivity index (χ1v) is 10.0. The van der Waals surface area contributed by atoms with Crippen molar-refractivity contribution >= 4 is 28.3 Å². The zero-order valence-corrected chi connectivity index (χ0v) is 17.0. The fourth-order valence-electron chi connectivity index (χ4n) is 2.97. The predicted molar refractivity (Wildman–Crippen MR) is 103 cm³/mol. The minimum absolute atomic E-state index is 0. The SMILES string of the molecule is CCN(CC)S(=O)(=O)c1ccc(C)c(C(=O)NCC2CNCC2O)c1.Cl. The Bertz CT molecular complexity index is 723. The third-order valence-electron chi connectivity index (χ3n) is 4.63. The lowest BCUT2D eigenvalue weighted by Gasteiger charge is -2.19. The van der Waals surface area contributed by atoms with Crippen LogP contribution in [0.5, 0.6) is 0 Å². The summed E-state index contributed by atoms with van der Waals surface area (Å²) in [6.07, 6.45) is -0.476. The Labute approximate surface area is 161 Å². The van der Waals surface area contributed by atoms with Gasteiger partial charge in [-0.2, -0.15) is 4.31 Å². The van der Waals surface area contributed by atoms with Crippen molar-refractivity contribution in [2.75, 3.05) is 32.7 Å². The van der Waals surface area contributed by atoms with E-state index in [4.69, 9.17) is 0 Å². The number of hydrogen-bond donors (Lipinski definition) is 3. The van der Waals surface area contributed by atoms with E-state index in [-0.39, 0.29) is 29.1 Å². The van der Waals surface area contributed by atoms with E-state index in [1.54, 1.807) is 26.8 Å². The van der Waals surface area contributed by atoms with Crippen molar-refractivity contribution in [3.63, 3.8) is 0 Å². The molecule has 9 heteroatoms.